The molecular weight excluding hydrogens is 134 g/mol. The van der Waals surface area contributed by atoms with Crippen LogP contribution in [0.25, 0.3) is 0 Å². The second kappa shape index (κ2) is 3.72. The van der Waals surface area contributed by atoms with E-state index in [-0.39, 0.29) is 0 Å². The fraction of sp³-hybridized carbons (Fsp3) is 0.600. The van der Waals surface area contributed by atoms with Crippen LogP contribution in [0.15, 0.2) is 23.9 Å². The van der Waals surface area contributed by atoms with Crippen LogP contribution in [0.2, 0.25) is 0 Å². The first-order chi connectivity index (χ1) is 4.83. The van der Waals surface area contributed by atoms with E-state index in [4.69, 9.17) is 0 Å². The van der Waals surface area contributed by atoms with Gasteiger partial charge in [0.2, 0.25) is 0 Å². The molecule has 0 aliphatic heterocycles. The van der Waals surface area contributed by atoms with E-state index >= 15 is 0 Å². The van der Waals surface area contributed by atoms with Crippen LogP contribution in [0, 0.1) is 0 Å². The zero-order chi connectivity index (χ0) is 9.07. The number of hydrogen-bond acceptors (Lipinski definition) is 0. The molecule has 0 saturated heterocycles. The molecule has 0 N–H and O–H groups in total. The Hall–Kier alpha value is -0.560. The van der Waals surface area contributed by atoms with Gasteiger partial charge in [0.15, 0.2) is 0 Å². The lowest BCUT2D eigenvalue weighted by atomic mass is 10.3. The van der Waals surface area contributed by atoms with Crippen LogP contribution in [-0.4, -0.2) is 25.1 Å². The van der Waals surface area contributed by atoms with Crippen molar-refractivity contribution in [2.24, 2.45) is 0 Å². The lowest BCUT2D eigenvalue weighted by Crippen LogP contribution is -2.34. The lowest BCUT2D eigenvalue weighted by Gasteiger charge is -2.25. The van der Waals surface area contributed by atoms with Gasteiger partial charge >= 0.3 is 0 Å². The average molecular weight is 154 g/mol. The summed E-state index contributed by atoms with van der Waals surface area (Å²) in [6.45, 7) is 11.2. The third-order valence-electron chi connectivity index (χ3n) is 1.29. The molecule has 0 radical (unpaired) electrons. The molecule has 0 aromatic carbocycles. The highest BCUT2D eigenvalue weighted by Gasteiger charge is 2.10. The molecule has 64 valence electrons. The molecule has 0 amide bonds. The van der Waals surface area contributed by atoms with Crippen molar-refractivity contribution >= 4 is 0 Å². The molecule has 0 unspecified atom stereocenters. The van der Waals surface area contributed by atoms with E-state index < -0.39 is 0 Å². The van der Waals surface area contributed by atoms with Crippen molar-refractivity contribution in [3.63, 3.8) is 0 Å². The summed E-state index contributed by atoms with van der Waals surface area (Å²) in [5.41, 5.74) is 2.59. The minimum absolute atomic E-state index is 0.900. The van der Waals surface area contributed by atoms with Crippen LogP contribution in [0.1, 0.15) is 20.8 Å². The Morgan fingerprint density at radius 3 is 2.00 bits per heavy atom. The van der Waals surface area contributed by atoms with Crippen molar-refractivity contribution in [1.82, 2.24) is 0 Å². The van der Waals surface area contributed by atoms with Crippen molar-refractivity contribution in [1.29, 1.82) is 0 Å². The van der Waals surface area contributed by atoms with E-state index in [1.165, 1.54) is 11.1 Å². The molecule has 0 bridgehead atoms. The molecule has 0 rings (SSSR count). The minimum atomic E-state index is 0.900. The van der Waals surface area contributed by atoms with E-state index in [0.717, 1.165) is 11.0 Å². The Bertz CT molecular complexity index is 171. The molecule has 0 atom stereocenters. The normalized spacial score (nSPS) is 11.0. The largest absolute Gasteiger partial charge is 0.299 e. The first kappa shape index (κ1) is 10.4. The van der Waals surface area contributed by atoms with E-state index in [1.54, 1.807) is 0 Å². The summed E-state index contributed by atoms with van der Waals surface area (Å²) in [4.78, 5) is 0. The maximum atomic E-state index is 3.90. The van der Waals surface area contributed by atoms with E-state index in [1.807, 2.05) is 0 Å². The molecule has 11 heavy (non-hydrogen) atoms. The SMILES string of the molecule is C=C(C)C[N+](C)(C)C=C(C)C. The highest BCUT2D eigenvalue weighted by molar-refractivity contribution is 4.92. The number of allylic oxidation sites excluding steroid dienone is 1. The number of hydrogen-bond donors (Lipinski definition) is 0. The number of likely N-dealkylation sites (N-methyl/N-ethyl adjacent to an activating group) is 1. The summed E-state index contributed by atoms with van der Waals surface area (Å²) in [5, 5.41) is 0. The van der Waals surface area contributed by atoms with Gasteiger partial charge in [-0.2, -0.15) is 0 Å². The monoisotopic (exact) mass is 154 g/mol. The smallest absolute Gasteiger partial charge is 0.104 e. The second-order valence-electron chi connectivity index (χ2n) is 4.10. The molecule has 0 aromatic heterocycles. The predicted octanol–water partition coefficient (Wildman–Crippen LogP) is 2.56. The minimum Gasteiger partial charge on any atom is -0.299 e. The van der Waals surface area contributed by atoms with E-state index in [2.05, 4.69) is 47.6 Å². The van der Waals surface area contributed by atoms with Crippen LogP contribution in [0.4, 0.5) is 0 Å². The van der Waals surface area contributed by atoms with Gasteiger partial charge in [0.05, 0.1) is 20.3 Å². The zero-order valence-corrected chi connectivity index (χ0v) is 8.44. The van der Waals surface area contributed by atoms with Crippen LogP contribution in [-0.2, 0) is 0 Å². The predicted molar refractivity (Wildman–Crippen MR) is 51.2 cm³/mol. The Morgan fingerprint density at radius 1 is 1.27 bits per heavy atom. The van der Waals surface area contributed by atoms with E-state index in [0.29, 0.717) is 0 Å². The van der Waals surface area contributed by atoms with Crippen LogP contribution < -0.4 is 0 Å². The Balaban J connectivity index is 4.22. The molecule has 0 aliphatic carbocycles. The third kappa shape index (κ3) is 5.86. The molecule has 0 saturated carbocycles. The van der Waals surface area contributed by atoms with Crippen LogP contribution in [0.3, 0.4) is 0 Å². The molecular formula is C10H20N+. The standard InChI is InChI=1S/C10H20N/c1-9(2)7-11(5,6)8-10(3)4/h8H,1,7H2,2-6H3/q+1. The summed E-state index contributed by atoms with van der Waals surface area (Å²) in [7, 11) is 4.36. The summed E-state index contributed by atoms with van der Waals surface area (Å²) < 4.78 is 0.900. The van der Waals surface area contributed by atoms with Gasteiger partial charge in [0, 0.05) is 0 Å². The van der Waals surface area contributed by atoms with Gasteiger partial charge in [0.1, 0.15) is 6.54 Å². The van der Waals surface area contributed by atoms with Crippen LogP contribution >= 0.6 is 0 Å². The fourth-order valence-electron chi connectivity index (χ4n) is 1.44. The van der Waals surface area contributed by atoms with Crippen molar-refractivity contribution in [2.45, 2.75) is 20.8 Å². The van der Waals surface area contributed by atoms with Crippen molar-refractivity contribution in [2.75, 3.05) is 20.6 Å². The second-order valence-corrected chi connectivity index (χ2v) is 4.10. The van der Waals surface area contributed by atoms with Gasteiger partial charge in [-0.15, -0.1) is 0 Å². The molecule has 1 heteroatoms. The van der Waals surface area contributed by atoms with Crippen molar-refractivity contribution in [3.05, 3.63) is 23.9 Å². The van der Waals surface area contributed by atoms with E-state index in [9.17, 15) is 0 Å². The summed E-state index contributed by atoms with van der Waals surface area (Å²) in [6, 6.07) is 0. The number of nitrogens with zero attached hydrogens (tertiary/aromatic N) is 1. The Kier molecular flexibility index (Phi) is 3.53. The van der Waals surface area contributed by atoms with Gasteiger partial charge < -0.3 is 0 Å². The van der Waals surface area contributed by atoms with Gasteiger partial charge in [-0.3, -0.25) is 4.48 Å². The molecule has 0 aromatic rings. The van der Waals surface area contributed by atoms with Gasteiger partial charge in [0.25, 0.3) is 0 Å². The topological polar surface area (TPSA) is 0 Å². The molecule has 0 fully saturated rings. The maximum absolute atomic E-state index is 3.90. The summed E-state index contributed by atoms with van der Waals surface area (Å²) >= 11 is 0. The highest BCUT2D eigenvalue weighted by Crippen LogP contribution is 2.06. The first-order valence-corrected chi connectivity index (χ1v) is 3.96. The number of quaternary nitrogens is 1. The highest BCUT2D eigenvalue weighted by atomic mass is 15.3. The Morgan fingerprint density at radius 2 is 1.73 bits per heavy atom. The van der Waals surface area contributed by atoms with Gasteiger partial charge in [-0.1, -0.05) is 6.58 Å². The third-order valence-corrected chi connectivity index (χ3v) is 1.29. The van der Waals surface area contributed by atoms with Crippen LogP contribution in [0.5, 0.6) is 0 Å². The number of rotatable bonds is 3. The Labute approximate surface area is 70.6 Å². The molecule has 0 aliphatic rings. The summed E-state index contributed by atoms with van der Waals surface area (Å²) in [5.74, 6) is 0. The summed E-state index contributed by atoms with van der Waals surface area (Å²) in [6.07, 6.45) is 2.24. The van der Waals surface area contributed by atoms with Gasteiger partial charge in [-0.05, 0) is 31.9 Å². The molecule has 1 nitrogen and oxygen atoms in total. The lowest BCUT2D eigenvalue weighted by molar-refractivity contribution is -0.834. The average Bonchev–Trinajstić information content (AvgIpc) is 1.53. The molecule has 0 heterocycles. The quantitative estimate of drug-likeness (QED) is 0.433. The first-order valence-electron chi connectivity index (χ1n) is 3.96. The fourth-order valence-corrected chi connectivity index (χ4v) is 1.44. The van der Waals surface area contributed by atoms with Gasteiger partial charge in [-0.25, -0.2) is 0 Å². The maximum Gasteiger partial charge on any atom is 0.104 e. The zero-order valence-electron chi connectivity index (χ0n) is 8.44. The van der Waals surface area contributed by atoms with Crippen molar-refractivity contribution in [3.8, 4) is 0 Å². The molecule has 0 spiro atoms. The van der Waals surface area contributed by atoms with Crippen molar-refractivity contribution < 1.29 is 4.48 Å².